The van der Waals surface area contributed by atoms with Crippen molar-refractivity contribution in [2.45, 2.75) is 57.4 Å². The fraction of sp³-hybridized carbons (Fsp3) is 0.625. The van der Waals surface area contributed by atoms with E-state index in [-0.39, 0.29) is 5.75 Å². The van der Waals surface area contributed by atoms with Crippen LogP contribution < -0.4 is 5.32 Å². The maximum Gasteiger partial charge on any atom is 0.178 e. The smallest absolute Gasteiger partial charge is 0.178 e. The number of sulfone groups is 1. The molecular weight excluding hydrogens is 270 g/mol. The number of nitrogens with one attached hydrogen (secondary N) is 1. The Labute approximate surface area is 123 Å². The van der Waals surface area contributed by atoms with Crippen LogP contribution in [0.3, 0.4) is 0 Å². The maximum absolute atomic E-state index is 11.8. The molecule has 0 heterocycles. The van der Waals surface area contributed by atoms with Gasteiger partial charge in [0.15, 0.2) is 9.84 Å². The molecule has 0 aliphatic heterocycles. The molecule has 1 aromatic rings. The highest BCUT2D eigenvalue weighted by atomic mass is 32.2. The van der Waals surface area contributed by atoms with Gasteiger partial charge in [0.25, 0.3) is 0 Å². The quantitative estimate of drug-likeness (QED) is 0.761. The molecule has 0 fully saturated rings. The second-order valence-corrected chi connectivity index (χ2v) is 7.47. The summed E-state index contributed by atoms with van der Waals surface area (Å²) in [5.74, 6) is 0.156. The van der Waals surface area contributed by atoms with Gasteiger partial charge in [-0.2, -0.15) is 0 Å². The van der Waals surface area contributed by atoms with Gasteiger partial charge in [-0.15, -0.1) is 0 Å². The van der Waals surface area contributed by atoms with E-state index < -0.39 is 9.84 Å². The SMILES string of the molecule is CCCNC(CCC)Cc1ccc(S(=O)(=O)CC)cc1. The summed E-state index contributed by atoms with van der Waals surface area (Å²) in [7, 11) is -3.08. The summed E-state index contributed by atoms with van der Waals surface area (Å²) in [6, 6.07) is 7.83. The zero-order valence-electron chi connectivity index (χ0n) is 12.9. The Morgan fingerprint density at radius 2 is 1.70 bits per heavy atom. The minimum atomic E-state index is -3.08. The van der Waals surface area contributed by atoms with Gasteiger partial charge in [0.05, 0.1) is 10.6 Å². The fourth-order valence-corrected chi connectivity index (χ4v) is 3.14. The van der Waals surface area contributed by atoms with Crippen molar-refractivity contribution >= 4 is 9.84 Å². The molecule has 1 aromatic carbocycles. The standard InChI is InChI=1S/C16H27NO2S/c1-4-7-15(17-12-5-2)13-14-8-10-16(11-9-14)20(18,19)6-3/h8-11,15,17H,4-7,12-13H2,1-3H3. The molecule has 0 amide bonds. The molecule has 4 heteroatoms. The fourth-order valence-electron chi connectivity index (χ4n) is 2.26. The summed E-state index contributed by atoms with van der Waals surface area (Å²) in [6.07, 6.45) is 4.40. The molecule has 0 aromatic heterocycles. The minimum Gasteiger partial charge on any atom is -0.314 e. The molecular formula is C16H27NO2S. The highest BCUT2D eigenvalue weighted by molar-refractivity contribution is 7.91. The number of benzene rings is 1. The van der Waals surface area contributed by atoms with Crippen molar-refractivity contribution in [3.05, 3.63) is 29.8 Å². The third-order valence-electron chi connectivity index (χ3n) is 3.46. The van der Waals surface area contributed by atoms with Crippen LogP contribution in [0.25, 0.3) is 0 Å². The first-order valence-electron chi connectivity index (χ1n) is 7.58. The monoisotopic (exact) mass is 297 g/mol. The van der Waals surface area contributed by atoms with E-state index >= 15 is 0 Å². The van der Waals surface area contributed by atoms with E-state index in [0.717, 1.165) is 32.2 Å². The Morgan fingerprint density at radius 3 is 2.20 bits per heavy atom. The van der Waals surface area contributed by atoms with Crippen LogP contribution in [0.15, 0.2) is 29.2 Å². The molecule has 20 heavy (non-hydrogen) atoms. The van der Waals surface area contributed by atoms with Gasteiger partial charge in [-0.3, -0.25) is 0 Å². The van der Waals surface area contributed by atoms with Crippen LogP contribution in [-0.4, -0.2) is 26.8 Å². The van der Waals surface area contributed by atoms with Gasteiger partial charge < -0.3 is 5.32 Å². The van der Waals surface area contributed by atoms with E-state index in [1.54, 1.807) is 19.1 Å². The van der Waals surface area contributed by atoms with Crippen LogP contribution in [0.5, 0.6) is 0 Å². The Balaban J connectivity index is 2.72. The zero-order chi connectivity index (χ0) is 15.0. The van der Waals surface area contributed by atoms with Crippen LogP contribution in [0, 0.1) is 0 Å². The van der Waals surface area contributed by atoms with Crippen LogP contribution in [0.4, 0.5) is 0 Å². The number of hydrogen-bond donors (Lipinski definition) is 1. The minimum absolute atomic E-state index is 0.156. The first kappa shape index (κ1) is 17.2. The van der Waals surface area contributed by atoms with E-state index in [1.807, 2.05) is 12.1 Å². The maximum atomic E-state index is 11.8. The highest BCUT2D eigenvalue weighted by Gasteiger charge is 2.12. The summed E-state index contributed by atoms with van der Waals surface area (Å²) in [4.78, 5) is 0.428. The topological polar surface area (TPSA) is 46.2 Å². The summed E-state index contributed by atoms with van der Waals surface area (Å²) in [6.45, 7) is 7.07. The molecule has 0 saturated heterocycles. The number of hydrogen-bond acceptors (Lipinski definition) is 3. The summed E-state index contributed by atoms with van der Waals surface area (Å²) in [5.41, 5.74) is 1.20. The third-order valence-corrected chi connectivity index (χ3v) is 5.22. The van der Waals surface area contributed by atoms with Gasteiger partial charge in [0.2, 0.25) is 0 Å². The molecule has 1 rings (SSSR count). The second-order valence-electron chi connectivity index (χ2n) is 5.19. The Kier molecular flexibility index (Phi) is 7.24. The largest absolute Gasteiger partial charge is 0.314 e. The van der Waals surface area contributed by atoms with Crippen molar-refractivity contribution in [2.24, 2.45) is 0 Å². The van der Waals surface area contributed by atoms with Gasteiger partial charge in [-0.05, 0) is 43.5 Å². The Hall–Kier alpha value is -0.870. The van der Waals surface area contributed by atoms with E-state index in [9.17, 15) is 8.42 Å². The van der Waals surface area contributed by atoms with E-state index in [0.29, 0.717) is 10.9 Å². The highest BCUT2D eigenvalue weighted by Crippen LogP contribution is 2.14. The van der Waals surface area contributed by atoms with Crippen molar-refractivity contribution in [2.75, 3.05) is 12.3 Å². The van der Waals surface area contributed by atoms with Gasteiger partial charge in [0.1, 0.15) is 0 Å². The third kappa shape index (κ3) is 5.25. The first-order chi connectivity index (χ1) is 9.53. The van der Waals surface area contributed by atoms with Gasteiger partial charge in [-0.25, -0.2) is 8.42 Å². The molecule has 1 unspecified atom stereocenters. The van der Waals surface area contributed by atoms with E-state index in [4.69, 9.17) is 0 Å². The van der Waals surface area contributed by atoms with Crippen molar-refractivity contribution in [1.82, 2.24) is 5.32 Å². The van der Waals surface area contributed by atoms with E-state index in [1.165, 1.54) is 5.56 Å². The van der Waals surface area contributed by atoms with Crippen LogP contribution in [0.2, 0.25) is 0 Å². The molecule has 114 valence electrons. The van der Waals surface area contributed by atoms with Crippen LogP contribution >= 0.6 is 0 Å². The van der Waals surface area contributed by atoms with Gasteiger partial charge in [0, 0.05) is 6.04 Å². The van der Waals surface area contributed by atoms with Crippen molar-refractivity contribution in [3.63, 3.8) is 0 Å². The lowest BCUT2D eigenvalue weighted by molar-refractivity contribution is 0.473. The summed E-state index contributed by atoms with van der Waals surface area (Å²) < 4.78 is 23.5. The van der Waals surface area contributed by atoms with Gasteiger partial charge in [-0.1, -0.05) is 39.3 Å². The summed E-state index contributed by atoms with van der Waals surface area (Å²) in [5, 5.41) is 3.56. The number of rotatable bonds is 9. The molecule has 0 bridgehead atoms. The zero-order valence-corrected chi connectivity index (χ0v) is 13.7. The lowest BCUT2D eigenvalue weighted by atomic mass is 10.0. The molecule has 0 aliphatic carbocycles. The van der Waals surface area contributed by atoms with Gasteiger partial charge >= 0.3 is 0 Å². The predicted octanol–water partition coefficient (Wildman–Crippen LogP) is 3.19. The molecule has 0 aliphatic rings. The van der Waals surface area contributed by atoms with Crippen molar-refractivity contribution < 1.29 is 8.42 Å². The van der Waals surface area contributed by atoms with Crippen LogP contribution in [-0.2, 0) is 16.3 Å². The van der Waals surface area contributed by atoms with Crippen molar-refractivity contribution in [3.8, 4) is 0 Å². The molecule has 1 atom stereocenters. The Bertz CT molecular complexity index is 480. The summed E-state index contributed by atoms with van der Waals surface area (Å²) >= 11 is 0. The lowest BCUT2D eigenvalue weighted by Gasteiger charge is -2.18. The Morgan fingerprint density at radius 1 is 1.05 bits per heavy atom. The normalized spacial score (nSPS) is 13.3. The molecule has 3 nitrogen and oxygen atoms in total. The molecule has 0 saturated carbocycles. The predicted molar refractivity (Wildman–Crippen MR) is 84.9 cm³/mol. The van der Waals surface area contributed by atoms with Crippen LogP contribution in [0.1, 0.15) is 45.6 Å². The average molecular weight is 297 g/mol. The van der Waals surface area contributed by atoms with Crippen molar-refractivity contribution in [1.29, 1.82) is 0 Å². The van der Waals surface area contributed by atoms with E-state index in [2.05, 4.69) is 19.2 Å². The molecule has 0 radical (unpaired) electrons. The first-order valence-corrected chi connectivity index (χ1v) is 9.23. The lowest BCUT2D eigenvalue weighted by Crippen LogP contribution is -2.31. The molecule has 0 spiro atoms. The second kappa shape index (κ2) is 8.42. The molecule has 1 N–H and O–H groups in total. The average Bonchev–Trinajstić information content (AvgIpc) is 2.45.